The maximum Gasteiger partial charge on any atom is 0.243 e. The Kier molecular flexibility index (Phi) is 5.19. The van der Waals surface area contributed by atoms with Gasteiger partial charge in [0.2, 0.25) is 15.9 Å². The van der Waals surface area contributed by atoms with Gasteiger partial charge in [-0.05, 0) is 29.7 Å². The standard InChI is InChI=1S/C16H20N4O3S2/c1-19(11-15-18-5-7-24-15)25(22,23)14-3-2-12-4-6-20(16(21)9-17)10-13(12)8-14/h2-3,5,7-8H,4,6,9-11,17H2,1H3. The van der Waals surface area contributed by atoms with E-state index in [9.17, 15) is 13.2 Å². The summed E-state index contributed by atoms with van der Waals surface area (Å²) in [6.07, 6.45) is 2.36. The molecule has 1 aromatic heterocycles. The molecule has 1 aromatic carbocycles. The van der Waals surface area contributed by atoms with Gasteiger partial charge in [0.1, 0.15) is 5.01 Å². The first kappa shape index (κ1) is 18.0. The van der Waals surface area contributed by atoms with Crippen LogP contribution < -0.4 is 5.73 Å². The minimum atomic E-state index is -3.62. The molecule has 25 heavy (non-hydrogen) atoms. The zero-order valence-electron chi connectivity index (χ0n) is 13.9. The second-order valence-electron chi connectivity index (χ2n) is 5.89. The van der Waals surface area contributed by atoms with Crippen molar-refractivity contribution < 1.29 is 13.2 Å². The van der Waals surface area contributed by atoms with Gasteiger partial charge in [-0.3, -0.25) is 4.79 Å². The normalized spacial score (nSPS) is 14.6. The summed E-state index contributed by atoms with van der Waals surface area (Å²) in [6.45, 7) is 1.20. The fourth-order valence-electron chi connectivity index (χ4n) is 2.82. The maximum atomic E-state index is 12.8. The van der Waals surface area contributed by atoms with Crippen molar-refractivity contribution in [3.8, 4) is 0 Å². The number of sulfonamides is 1. The number of rotatable bonds is 5. The van der Waals surface area contributed by atoms with Gasteiger partial charge in [0.25, 0.3) is 0 Å². The van der Waals surface area contributed by atoms with Crippen LogP contribution in [0.15, 0.2) is 34.7 Å². The summed E-state index contributed by atoms with van der Waals surface area (Å²) in [5, 5.41) is 2.56. The zero-order chi connectivity index (χ0) is 18.0. The van der Waals surface area contributed by atoms with E-state index in [4.69, 9.17) is 5.73 Å². The first-order valence-corrected chi connectivity index (χ1v) is 10.2. The van der Waals surface area contributed by atoms with Crippen molar-refractivity contribution in [3.63, 3.8) is 0 Å². The molecule has 1 aliphatic rings. The van der Waals surface area contributed by atoms with Crippen molar-refractivity contribution in [1.82, 2.24) is 14.2 Å². The molecule has 2 aromatic rings. The Balaban J connectivity index is 1.84. The van der Waals surface area contributed by atoms with Crippen LogP contribution in [0.4, 0.5) is 0 Å². The molecule has 134 valence electrons. The smallest absolute Gasteiger partial charge is 0.243 e. The van der Waals surface area contributed by atoms with E-state index in [1.165, 1.54) is 15.6 Å². The summed E-state index contributed by atoms with van der Waals surface area (Å²) >= 11 is 1.42. The Bertz CT molecular complexity index is 866. The van der Waals surface area contributed by atoms with Gasteiger partial charge in [-0.2, -0.15) is 4.31 Å². The second kappa shape index (κ2) is 7.20. The Morgan fingerprint density at radius 3 is 2.88 bits per heavy atom. The maximum absolute atomic E-state index is 12.8. The molecular weight excluding hydrogens is 360 g/mol. The second-order valence-corrected chi connectivity index (χ2v) is 8.91. The molecule has 0 fully saturated rings. The number of carbonyl (C=O) groups is 1. The van der Waals surface area contributed by atoms with E-state index in [1.54, 1.807) is 30.3 Å². The van der Waals surface area contributed by atoms with Gasteiger partial charge >= 0.3 is 0 Å². The molecule has 0 radical (unpaired) electrons. The van der Waals surface area contributed by atoms with Crippen molar-refractivity contribution in [2.45, 2.75) is 24.4 Å². The summed E-state index contributed by atoms with van der Waals surface area (Å²) in [4.78, 5) is 17.8. The van der Waals surface area contributed by atoms with E-state index in [0.717, 1.165) is 16.1 Å². The average Bonchev–Trinajstić information content (AvgIpc) is 3.13. The number of carbonyl (C=O) groups excluding carboxylic acids is 1. The van der Waals surface area contributed by atoms with Gasteiger partial charge in [0.05, 0.1) is 18.0 Å². The van der Waals surface area contributed by atoms with Crippen LogP contribution in [0.25, 0.3) is 0 Å². The lowest BCUT2D eigenvalue weighted by Gasteiger charge is -2.29. The van der Waals surface area contributed by atoms with E-state index in [-0.39, 0.29) is 23.9 Å². The minimum absolute atomic E-state index is 0.0378. The number of hydrogen-bond donors (Lipinski definition) is 1. The molecule has 2 heterocycles. The van der Waals surface area contributed by atoms with Crippen molar-refractivity contribution >= 4 is 27.3 Å². The third-order valence-electron chi connectivity index (χ3n) is 4.27. The minimum Gasteiger partial charge on any atom is -0.337 e. The molecule has 2 N–H and O–H groups in total. The molecule has 0 saturated carbocycles. The van der Waals surface area contributed by atoms with Crippen LogP contribution in [0.1, 0.15) is 16.1 Å². The number of nitrogens with two attached hydrogens (primary N) is 1. The van der Waals surface area contributed by atoms with Gasteiger partial charge < -0.3 is 10.6 Å². The quantitative estimate of drug-likeness (QED) is 0.828. The highest BCUT2D eigenvalue weighted by atomic mass is 32.2. The number of hydrogen-bond acceptors (Lipinski definition) is 6. The highest BCUT2D eigenvalue weighted by molar-refractivity contribution is 7.89. The topological polar surface area (TPSA) is 96.6 Å². The van der Waals surface area contributed by atoms with Gasteiger partial charge in [-0.1, -0.05) is 6.07 Å². The Morgan fingerprint density at radius 2 is 2.20 bits per heavy atom. The van der Waals surface area contributed by atoms with E-state index < -0.39 is 10.0 Å². The summed E-state index contributed by atoms with van der Waals surface area (Å²) < 4.78 is 26.9. The number of aromatic nitrogens is 1. The summed E-state index contributed by atoms with van der Waals surface area (Å²) in [5.41, 5.74) is 7.36. The van der Waals surface area contributed by atoms with Crippen molar-refractivity contribution in [2.75, 3.05) is 20.1 Å². The average molecular weight is 380 g/mol. The van der Waals surface area contributed by atoms with Gasteiger partial charge in [0.15, 0.2) is 0 Å². The molecule has 1 aliphatic heterocycles. The van der Waals surface area contributed by atoms with Gasteiger partial charge in [-0.15, -0.1) is 11.3 Å². The van der Waals surface area contributed by atoms with Crippen molar-refractivity contribution in [1.29, 1.82) is 0 Å². The van der Waals surface area contributed by atoms with Crippen LogP contribution >= 0.6 is 11.3 Å². The van der Waals surface area contributed by atoms with Crippen LogP contribution in [0.5, 0.6) is 0 Å². The fraction of sp³-hybridized carbons (Fsp3) is 0.375. The lowest BCUT2D eigenvalue weighted by Crippen LogP contribution is -2.39. The predicted molar refractivity (Wildman–Crippen MR) is 95.4 cm³/mol. The highest BCUT2D eigenvalue weighted by Crippen LogP contribution is 2.25. The molecule has 0 atom stereocenters. The van der Waals surface area contributed by atoms with E-state index in [2.05, 4.69) is 4.98 Å². The molecule has 0 saturated heterocycles. The van der Waals surface area contributed by atoms with Crippen LogP contribution in [-0.4, -0.2) is 48.7 Å². The Morgan fingerprint density at radius 1 is 1.40 bits per heavy atom. The molecule has 0 unspecified atom stereocenters. The molecule has 0 aliphatic carbocycles. The van der Waals surface area contributed by atoms with Crippen LogP contribution in [-0.2, 0) is 34.3 Å². The molecular formula is C16H20N4O3S2. The number of fused-ring (bicyclic) bond motifs is 1. The molecule has 9 heteroatoms. The van der Waals surface area contributed by atoms with Crippen molar-refractivity contribution in [2.24, 2.45) is 5.73 Å². The summed E-state index contributed by atoms with van der Waals surface area (Å²) in [7, 11) is -2.08. The number of amides is 1. The lowest BCUT2D eigenvalue weighted by molar-refractivity contribution is -0.130. The summed E-state index contributed by atoms with van der Waals surface area (Å²) in [5.74, 6) is -0.125. The van der Waals surface area contributed by atoms with E-state index >= 15 is 0 Å². The Hall–Kier alpha value is -1.81. The SMILES string of the molecule is CN(Cc1nccs1)S(=O)(=O)c1ccc2c(c1)CN(C(=O)CN)CC2. The Labute approximate surface area is 151 Å². The van der Waals surface area contributed by atoms with Crippen LogP contribution in [0, 0.1) is 0 Å². The number of benzene rings is 1. The lowest BCUT2D eigenvalue weighted by atomic mass is 10.00. The van der Waals surface area contributed by atoms with Gasteiger partial charge in [-0.25, -0.2) is 13.4 Å². The monoisotopic (exact) mass is 380 g/mol. The van der Waals surface area contributed by atoms with Crippen LogP contribution in [0.2, 0.25) is 0 Å². The number of nitrogens with zero attached hydrogens (tertiary/aromatic N) is 3. The highest BCUT2D eigenvalue weighted by Gasteiger charge is 2.25. The van der Waals surface area contributed by atoms with E-state index in [1.807, 2.05) is 11.4 Å². The molecule has 3 rings (SSSR count). The molecule has 0 spiro atoms. The molecule has 7 nitrogen and oxygen atoms in total. The van der Waals surface area contributed by atoms with Crippen molar-refractivity contribution in [3.05, 3.63) is 45.9 Å². The fourth-order valence-corrected chi connectivity index (χ4v) is 4.76. The zero-order valence-corrected chi connectivity index (χ0v) is 15.5. The van der Waals surface area contributed by atoms with Gasteiger partial charge in [0, 0.05) is 31.7 Å². The third-order valence-corrected chi connectivity index (χ3v) is 6.83. The number of thiazole rings is 1. The van der Waals surface area contributed by atoms with Crippen LogP contribution in [0.3, 0.4) is 0 Å². The first-order chi connectivity index (χ1) is 11.9. The summed E-state index contributed by atoms with van der Waals surface area (Å²) in [6, 6.07) is 5.13. The molecule has 0 bridgehead atoms. The third kappa shape index (κ3) is 3.74. The van der Waals surface area contributed by atoms with E-state index in [0.29, 0.717) is 19.5 Å². The largest absolute Gasteiger partial charge is 0.337 e. The first-order valence-electron chi connectivity index (χ1n) is 7.86. The predicted octanol–water partition coefficient (Wildman–Crippen LogP) is 0.807. The molecule has 1 amide bonds.